The number of hydrogen-bond donors (Lipinski definition) is 0. The highest BCUT2D eigenvalue weighted by molar-refractivity contribution is 5.76. The van der Waals surface area contributed by atoms with Gasteiger partial charge in [-0.25, -0.2) is 13.8 Å². The van der Waals surface area contributed by atoms with E-state index in [-0.39, 0.29) is 18.6 Å². The van der Waals surface area contributed by atoms with Gasteiger partial charge < -0.3 is 9.64 Å². The molecular formula is C16H18F2N4O2. The summed E-state index contributed by atoms with van der Waals surface area (Å²) in [6.45, 7) is 3.74. The van der Waals surface area contributed by atoms with Crippen molar-refractivity contribution in [3.63, 3.8) is 0 Å². The van der Waals surface area contributed by atoms with Crippen LogP contribution in [0.15, 0.2) is 18.3 Å². The van der Waals surface area contributed by atoms with Gasteiger partial charge in [-0.3, -0.25) is 14.7 Å². The summed E-state index contributed by atoms with van der Waals surface area (Å²) in [7, 11) is 1.86. The Bertz CT molecular complexity index is 765. The van der Waals surface area contributed by atoms with Crippen LogP contribution in [0.25, 0.3) is 11.0 Å². The highest BCUT2D eigenvalue weighted by Gasteiger charge is 2.32. The van der Waals surface area contributed by atoms with Crippen LogP contribution in [0.2, 0.25) is 0 Å². The van der Waals surface area contributed by atoms with E-state index in [0.717, 1.165) is 12.1 Å². The van der Waals surface area contributed by atoms with Crippen molar-refractivity contribution >= 4 is 22.8 Å². The predicted molar refractivity (Wildman–Crippen MR) is 84.7 cm³/mol. The fourth-order valence-electron chi connectivity index (χ4n) is 2.61. The lowest BCUT2D eigenvalue weighted by atomic mass is 10.1. The molecule has 0 spiro atoms. The lowest BCUT2D eigenvalue weighted by molar-refractivity contribution is -0.144. The lowest BCUT2D eigenvalue weighted by Gasteiger charge is -2.44. The molecule has 3 rings (SSSR count). The summed E-state index contributed by atoms with van der Waals surface area (Å²) >= 11 is 0. The first kappa shape index (κ1) is 16.5. The number of nitrogens with zero attached hydrogens (tertiary/aromatic N) is 4. The Kier molecular flexibility index (Phi) is 4.57. The Balaban J connectivity index is 1.64. The summed E-state index contributed by atoms with van der Waals surface area (Å²) in [6.07, 6.45) is 1.54. The largest absolute Gasteiger partial charge is 0.465 e. The Morgan fingerprint density at radius 1 is 1.33 bits per heavy atom. The number of esters is 1. The molecule has 2 aromatic rings. The van der Waals surface area contributed by atoms with Crippen LogP contribution in [-0.4, -0.2) is 60.2 Å². The van der Waals surface area contributed by atoms with Gasteiger partial charge in [0.1, 0.15) is 5.82 Å². The summed E-state index contributed by atoms with van der Waals surface area (Å²) in [4.78, 5) is 23.9. The van der Waals surface area contributed by atoms with Gasteiger partial charge in [-0.15, -0.1) is 0 Å². The van der Waals surface area contributed by atoms with Gasteiger partial charge in [0, 0.05) is 31.3 Å². The molecule has 1 aliphatic heterocycles. The molecule has 1 aromatic heterocycles. The zero-order valence-electron chi connectivity index (χ0n) is 13.5. The topological polar surface area (TPSA) is 58.6 Å². The van der Waals surface area contributed by atoms with E-state index in [1.54, 1.807) is 13.1 Å². The Labute approximate surface area is 138 Å². The maximum atomic E-state index is 13.3. The third-order valence-corrected chi connectivity index (χ3v) is 4.07. The first-order valence-electron chi connectivity index (χ1n) is 7.70. The second-order valence-electron chi connectivity index (χ2n) is 5.76. The quantitative estimate of drug-likeness (QED) is 0.773. The van der Waals surface area contributed by atoms with Crippen LogP contribution in [0.3, 0.4) is 0 Å². The molecule has 0 radical (unpaired) electrons. The average Bonchev–Trinajstić information content (AvgIpc) is 2.47. The van der Waals surface area contributed by atoms with Crippen molar-refractivity contribution in [1.82, 2.24) is 14.9 Å². The van der Waals surface area contributed by atoms with Crippen molar-refractivity contribution in [2.75, 3.05) is 38.2 Å². The molecule has 0 atom stereocenters. The molecular weight excluding hydrogens is 318 g/mol. The fraction of sp³-hybridized carbons (Fsp3) is 0.438. The molecule has 1 aliphatic rings. The van der Waals surface area contributed by atoms with Crippen molar-refractivity contribution < 1.29 is 18.3 Å². The van der Waals surface area contributed by atoms with Crippen molar-refractivity contribution in [2.24, 2.45) is 0 Å². The van der Waals surface area contributed by atoms with Crippen LogP contribution in [0, 0.1) is 11.6 Å². The third kappa shape index (κ3) is 3.28. The zero-order valence-corrected chi connectivity index (χ0v) is 13.5. The highest BCUT2D eigenvalue weighted by Crippen LogP contribution is 2.23. The molecule has 0 saturated carbocycles. The van der Waals surface area contributed by atoms with E-state index in [1.807, 2.05) is 16.8 Å². The van der Waals surface area contributed by atoms with Crippen molar-refractivity contribution in [3.05, 3.63) is 30.0 Å². The van der Waals surface area contributed by atoms with Crippen molar-refractivity contribution in [3.8, 4) is 0 Å². The number of fused-ring (bicyclic) bond motifs is 1. The Morgan fingerprint density at radius 3 is 2.67 bits per heavy atom. The summed E-state index contributed by atoms with van der Waals surface area (Å²) in [5.74, 6) is -1.52. The number of carbonyl (C=O) groups excluding carboxylic acids is 1. The minimum absolute atomic E-state index is 0.205. The number of anilines is 1. The van der Waals surface area contributed by atoms with E-state index in [9.17, 15) is 13.6 Å². The Morgan fingerprint density at radius 2 is 2.00 bits per heavy atom. The second kappa shape index (κ2) is 6.64. The molecule has 1 saturated heterocycles. The number of carbonyl (C=O) groups is 1. The smallest absolute Gasteiger partial charge is 0.320 e. The number of aromatic nitrogens is 2. The summed E-state index contributed by atoms with van der Waals surface area (Å²) in [5, 5.41) is 0. The summed E-state index contributed by atoms with van der Waals surface area (Å²) in [6, 6.07) is 2.29. The van der Waals surface area contributed by atoms with Crippen molar-refractivity contribution in [2.45, 2.75) is 13.0 Å². The average molecular weight is 336 g/mol. The van der Waals surface area contributed by atoms with Crippen molar-refractivity contribution in [1.29, 1.82) is 0 Å². The van der Waals surface area contributed by atoms with Gasteiger partial charge in [0.2, 0.25) is 0 Å². The molecule has 128 valence electrons. The van der Waals surface area contributed by atoms with Crippen LogP contribution < -0.4 is 4.90 Å². The molecule has 0 unspecified atom stereocenters. The molecule has 0 aliphatic carbocycles. The first-order valence-corrected chi connectivity index (χ1v) is 7.70. The lowest BCUT2D eigenvalue weighted by Crippen LogP contribution is -2.59. The molecule has 8 heteroatoms. The number of halogens is 2. The fourth-order valence-corrected chi connectivity index (χ4v) is 2.61. The molecule has 24 heavy (non-hydrogen) atoms. The minimum Gasteiger partial charge on any atom is -0.465 e. The maximum absolute atomic E-state index is 13.3. The van der Waals surface area contributed by atoms with E-state index >= 15 is 0 Å². The van der Waals surface area contributed by atoms with Gasteiger partial charge in [-0.1, -0.05) is 0 Å². The van der Waals surface area contributed by atoms with E-state index in [1.165, 1.54) is 0 Å². The molecule has 0 bridgehead atoms. The Hall–Kier alpha value is -2.35. The first-order chi connectivity index (χ1) is 11.5. The molecule has 2 heterocycles. The van der Waals surface area contributed by atoms with Gasteiger partial charge in [0.15, 0.2) is 11.6 Å². The molecule has 1 fully saturated rings. The van der Waals surface area contributed by atoms with Crippen LogP contribution in [0.4, 0.5) is 14.6 Å². The highest BCUT2D eigenvalue weighted by atomic mass is 19.2. The van der Waals surface area contributed by atoms with Gasteiger partial charge in [-0.05, 0) is 14.0 Å². The van der Waals surface area contributed by atoms with Crippen LogP contribution in [0.1, 0.15) is 6.92 Å². The van der Waals surface area contributed by atoms with Crippen LogP contribution in [-0.2, 0) is 9.53 Å². The van der Waals surface area contributed by atoms with E-state index in [0.29, 0.717) is 36.5 Å². The number of hydrogen-bond acceptors (Lipinski definition) is 6. The number of rotatable bonds is 5. The van der Waals surface area contributed by atoms with E-state index < -0.39 is 11.6 Å². The summed E-state index contributed by atoms with van der Waals surface area (Å²) < 4.78 is 31.4. The third-order valence-electron chi connectivity index (χ3n) is 4.07. The molecule has 6 nitrogen and oxygen atoms in total. The van der Waals surface area contributed by atoms with E-state index in [4.69, 9.17) is 4.74 Å². The zero-order chi connectivity index (χ0) is 17.3. The SMILES string of the molecule is CCOC(=O)CN(C)C1CN(c2cnc3cc(F)c(F)cc3n2)C1. The number of ether oxygens (including phenoxy) is 1. The normalized spacial score (nSPS) is 15.0. The number of benzene rings is 1. The second-order valence-corrected chi connectivity index (χ2v) is 5.76. The molecule has 1 aromatic carbocycles. The number of likely N-dealkylation sites (N-methyl/N-ethyl adjacent to an activating group) is 1. The minimum atomic E-state index is -0.940. The molecule has 0 amide bonds. The monoisotopic (exact) mass is 336 g/mol. The van der Waals surface area contributed by atoms with Gasteiger partial charge in [0.05, 0.1) is 30.4 Å². The molecule has 0 N–H and O–H groups in total. The summed E-state index contributed by atoms with van der Waals surface area (Å²) in [5.41, 5.74) is 0.629. The van der Waals surface area contributed by atoms with Gasteiger partial charge in [-0.2, -0.15) is 0 Å². The van der Waals surface area contributed by atoms with Gasteiger partial charge in [0.25, 0.3) is 0 Å². The predicted octanol–water partition coefficient (Wildman–Crippen LogP) is 1.59. The van der Waals surface area contributed by atoms with Gasteiger partial charge >= 0.3 is 5.97 Å². The van der Waals surface area contributed by atoms with Crippen LogP contribution >= 0.6 is 0 Å². The maximum Gasteiger partial charge on any atom is 0.320 e. The van der Waals surface area contributed by atoms with Crippen LogP contribution in [0.5, 0.6) is 0 Å². The van der Waals surface area contributed by atoms with E-state index in [2.05, 4.69) is 9.97 Å². The standard InChI is InChI=1S/C16H18F2N4O2/c1-3-24-16(23)9-21(2)10-7-22(8-10)15-6-19-13-4-11(17)12(18)5-14(13)20-15/h4-6,10H,3,7-9H2,1-2H3.